The Morgan fingerprint density at radius 2 is 1.83 bits per heavy atom. The number of methoxy groups -OCH3 is 1. The second-order valence-corrected chi connectivity index (χ2v) is 7.06. The molecule has 3 rings (SSSR count). The minimum absolute atomic E-state index is 0.338. The molecule has 6 nitrogen and oxygen atoms in total. The molecule has 0 fully saturated rings. The van der Waals surface area contributed by atoms with Gasteiger partial charge in [-0.25, -0.2) is 9.59 Å². The first-order valence-electron chi connectivity index (χ1n) is 9.60. The Labute approximate surface area is 170 Å². The van der Waals surface area contributed by atoms with Gasteiger partial charge in [0, 0.05) is 5.70 Å². The molecule has 2 aromatic rings. The summed E-state index contributed by atoms with van der Waals surface area (Å²) in [6.45, 7) is 6.48. The van der Waals surface area contributed by atoms with Crippen LogP contribution in [0.5, 0.6) is 5.75 Å². The van der Waals surface area contributed by atoms with Gasteiger partial charge in [0.15, 0.2) is 0 Å². The van der Waals surface area contributed by atoms with E-state index in [1.807, 2.05) is 31.2 Å². The summed E-state index contributed by atoms with van der Waals surface area (Å²) < 4.78 is 10.9. The highest BCUT2D eigenvalue weighted by Crippen LogP contribution is 2.30. The molecule has 0 aliphatic carbocycles. The van der Waals surface area contributed by atoms with Gasteiger partial charge in [-0.2, -0.15) is 0 Å². The standard InChI is InChI=1S/C23H26N2O4/c1-5-19-20(22(26)28-4)21(25-23(27)24-19)16-8-10-18(11-9-16)29-13-17-12-14(2)6-7-15(17)3/h6-12,21H,5,13H2,1-4H3,(H2,24,25,27). The van der Waals surface area contributed by atoms with Crippen LogP contribution in [0.15, 0.2) is 53.7 Å². The zero-order valence-corrected chi connectivity index (χ0v) is 17.2. The molecule has 0 radical (unpaired) electrons. The molecule has 1 aliphatic rings. The quantitative estimate of drug-likeness (QED) is 0.724. The summed E-state index contributed by atoms with van der Waals surface area (Å²) in [5.41, 5.74) is 5.29. The Morgan fingerprint density at radius 1 is 1.10 bits per heavy atom. The van der Waals surface area contributed by atoms with Gasteiger partial charge in [-0.05, 0) is 49.1 Å². The molecule has 29 heavy (non-hydrogen) atoms. The summed E-state index contributed by atoms with van der Waals surface area (Å²) in [7, 11) is 1.33. The van der Waals surface area contributed by atoms with Crippen LogP contribution in [0.4, 0.5) is 4.79 Å². The fourth-order valence-corrected chi connectivity index (χ4v) is 3.37. The van der Waals surface area contributed by atoms with Crippen LogP contribution in [0, 0.1) is 13.8 Å². The summed E-state index contributed by atoms with van der Waals surface area (Å²) in [5.74, 6) is 0.254. The Morgan fingerprint density at radius 3 is 2.48 bits per heavy atom. The molecule has 2 N–H and O–H groups in total. The minimum Gasteiger partial charge on any atom is -0.489 e. The fourth-order valence-electron chi connectivity index (χ4n) is 3.37. The smallest absolute Gasteiger partial charge is 0.337 e. The molecule has 1 atom stereocenters. The molecule has 2 amide bonds. The number of benzene rings is 2. The molecule has 0 saturated heterocycles. The number of esters is 1. The molecule has 2 aromatic carbocycles. The van der Waals surface area contributed by atoms with Crippen molar-refractivity contribution < 1.29 is 19.1 Å². The topological polar surface area (TPSA) is 76.7 Å². The lowest BCUT2D eigenvalue weighted by molar-refractivity contribution is -0.136. The maximum atomic E-state index is 12.3. The molecular weight excluding hydrogens is 368 g/mol. The van der Waals surface area contributed by atoms with Crippen LogP contribution in [-0.2, 0) is 16.1 Å². The average molecular weight is 394 g/mol. The second-order valence-electron chi connectivity index (χ2n) is 7.06. The van der Waals surface area contributed by atoms with Gasteiger partial charge in [0.1, 0.15) is 12.4 Å². The molecule has 152 valence electrons. The SMILES string of the molecule is CCC1=C(C(=O)OC)C(c2ccc(OCc3cc(C)ccc3C)cc2)NC(=O)N1. The first-order valence-corrected chi connectivity index (χ1v) is 9.60. The van der Waals surface area contributed by atoms with Crippen LogP contribution in [0.3, 0.4) is 0 Å². The van der Waals surface area contributed by atoms with E-state index in [1.165, 1.54) is 18.2 Å². The second kappa shape index (κ2) is 8.82. The number of amides is 2. The van der Waals surface area contributed by atoms with Crippen LogP contribution in [0.2, 0.25) is 0 Å². The maximum absolute atomic E-state index is 12.3. The van der Waals surface area contributed by atoms with E-state index in [2.05, 4.69) is 42.7 Å². The molecule has 0 saturated carbocycles. The number of urea groups is 1. The largest absolute Gasteiger partial charge is 0.489 e. The van der Waals surface area contributed by atoms with E-state index in [0.717, 1.165) is 11.1 Å². The number of hydrogen-bond donors (Lipinski definition) is 2. The van der Waals surface area contributed by atoms with Gasteiger partial charge in [-0.3, -0.25) is 0 Å². The first-order chi connectivity index (χ1) is 13.9. The molecular formula is C23H26N2O4. The predicted molar refractivity (Wildman–Crippen MR) is 110 cm³/mol. The monoisotopic (exact) mass is 394 g/mol. The van der Waals surface area contributed by atoms with Crippen molar-refractivity contribution in [3.63, 3.8) is 0 Å². The Hall–Kier alpha value is -3.28. The van der Waals surface area contributed by atoms with Crippen LogP contribution < -0.4 is 15.4 Å². The molecule has 0 bridgehead atoms. The molecule has 0 spiro atoms. The number of aryl methyl sites for hydroxylation is 2. The third kappa shape index (κ3) is 4.59. The van der Waals surface area contributed by atoms with E-state index in [0.29, 0.717) is 30.0 Å². The van der Waals surface area contributed by atoms with Crippen molar-refractivity contribution in [2.45, 2.75) is 39.8 Å². The van der Waals surface area contributed by atoms with Gasteiger partial charge in [0.2, 0.25) is 0 Å². The van der Waals surface area contributed by atoms with Gasteiger partial charge in [-0.15, -0.1) is 0 Å². The highest BCUT2D eigenvalue weighted by Gasteiger charge is 2.32. The molecule has 1 unspecified atom stereocenters. The number of ether oxygens (including phenoxy) is 2. The van der Waals surface area contributed by atoms with E-state index in [4.69, 9.17) is 9.47 Å². The lowest BCUT2D eigenvalue weighted by atomic mass is 9.94. The van der Waals surface area contributed by atoms with Crippen molar-refractivity contribution in [3.05, 3.63) is 76.0 Å². The van der Waals surface area contributed by atoms with Gasteiger partial charge in [0.25, 0.3) is 0 Å². The van der Waals surface area contributed by atoms with Crippen molar-refractivity contribution in [3.8, 4) is 5.75 Å². The number of hydrogen-bond acceptors (Lipinski definition) is 4. The molecule has 6 heteroatoms. The van der Waals surface area contributed by atoms with Crippen LogP contribution >= 0.6 is 0 Å². The van der Waals surface area contributed by atoms with Gasteiger partial charge in [0.05, 0.1) is 18.7 Å². The number of rotatable bonds is 6. The number of nitrogens with one attached hydrogen (secondary N) is 2. The van der Waals surface area contributed by atoms with E-state index in [-0.39, 0.29) is 6.03 Å². The van der Waals surface area contributed by atoms with Gasteiger partial charge in [-0.1, -0.05) is 42.8 Å². The van der Waals surface area contributed by atoms with Gasteiger partial charge >= 0.3 is 12.0 Å². The summed E-state index contributed by atoms with van der Waals surface area (Å²) >= 11 is 0. The molecule has 0 aromatic heterocycles. The van der Waals surface area contributed by atoms with Crippen molar-refractivity contribution in [2.75, 3.05) is 7.11 Å². The first kappa shape index (κ1) is 20.5. The predicted octanol–water partition coefficient (Wildman–Crippen LogP) is 4.07. The molecule has 1 heterocycles. The van der Waals surface area contributed by atoms with E-state index in [9.17, 15) is 9.59 Å². The van der Waals surface area contributed by atoms with Gasteiger partial charge < -0.3 is 20.1 Å². The van der Waals surface area contributed by atoms with Crippen molar-refractivity contribution in [1.29, 1.82) is 0 Å². The maximum Gasteiger partial charge on any atom is 0.337 e. The highest BCUT2D eigenvalue weighted by atomic mass is 16.5. The molecule has 1 aliphatic heterocycles. The Kier molecular flexibility index (Phi) is 6.22. The number of allylic oxidation sites excluding steroid dienone is 1. The van der Waals surface area contributed by atoms with Crippen LogP contribution in [0.25, 0.3) is 0 Å². The van der Waals surface area contributed by atoms with E-state index >= 15 is 0 Å². The fraction of sp³-hybridized carbons (Fsp3) is 0.304. The van der Waals surface area contributed by atoms with E-state index < -0.39 is 12.0 Å². The van der Waals surface area contributed by atoms with Crippen molar-refractivity contribution in [1.82, 2.24) is 10.6 Å². The number of carbonyl (C=O) groups excluding carboxylic acids is 2. The van der Waals surface area contributed by atoms with Crippen molar-refractivity contribution >= 4 is 12.0 Å². The normalized spacial score (nSPS) is 16.1. The lowest BCUT2D eigenvalue weighted by Gasteiger charge is -2.28. The average Bonchev–Trinajstić information content (AvgIpc) is 2.73. The zero-order valence-electron chi connectivity index (χ0n) is 17.2. The van der Waals surface area contributed by atoms with Crippen LogP contribution in [0.1, 0.15) is 41.6 Å². The minimum atomic E-state index is -0.570. The van der Waals surface area contributed by atoms with Crippen molar-refractivity contribution in [2.24, 2.45) is 0 Å². The summed E-state index contributed by atoms with van der Waals surface area (Å²) in [4.78, 5) is 24.3. The third-order valence-corrected chi connectivity index (χ3v) is 5.02. The zero-order chi connectivity index (χ0) is 21.0. The van der Waals surface area contributed by atoms with E-state index in [1.54, 1.807) is 0 Å². The lowest BCUT2D eigenvalue weighted by Crippen LogP contribution is -2.45. The van der Waals surface area contributed by atoms with Crippen LogP contribution in [-0.4, -0.2) is 19.1 Å². The third-order valence-electron chi connectivity index (χ3n) is 5.02. The number of carbonyl (C=O) groups is 2. The summed E-state index contributed by atoms with van der Waals surface area (Å²) in [6, 6.07) is 12.8. The summed E-state index contributed by atoms with van der Waals surface area (Å²) in [5, 5.41) is 5.50. The Balaban J connectivity index is 1.80. The Bertz CT molecular complexity index is 948. The summed E-state index contributed by atoms with van der Waals surface area (Å²) in [6.07, 6.45) is 0.519. The highest BCUT2D eigenvalue weighted by molar-refractivity contribution is 5.95.